The normalized spacial score (nSPS) is 15.2. The summed E-state index contributed by atoms with van der Waals surface area (Å²) in [6.45, 7) is 2.19. The fraction of sp³-hybridized carbons (Fsp3) is 0.318. The number of nitrogens with zero attached hydrogens (tertiary/aromatic N) is 2. The second kappa shape index (κ2) is 8.09. The van der Waals surface area contributed by atoms with Crippen LogP contribution in [0.5, 0.6) is 5.75 Å². The first-order valence-electron chi connectivity index (χ1n) is 9.10. The Kier molecular flexibility index (Phi) is 5.61. The number of methoxy groups -OCH3 is 1. The van der Waals surface area contributed by atoms with Gasteiger partial charge in [0.1, 0.15) is 5.75 Å². The lowest BCUT2D eigenvalue weighted by Gasteiger charge is -2.18. The second-order valence-corrected chi connectivity index (χ2v) is 6.62. The second-order valence-electron chi connectivity index (χ2n) is 6.62. The molecule has 1 aliphatic rings. The van der Waals surface area contributed by atoms with Crippen molar-refractivity contribution in [3.05, 3.63) is 77.7 Å². The summed E-state index contributed by atoms with van der Waals surface area (Å²) in [5.74, 6) is 2.00. The van der Waals surface area contributed by atoms with Crippen LogP contribution < -0.4 is 10.5 Å². The van der Waals surface area contributed by atoms with E-state index >= 15 is 0 Å². The summed E-state index contributed by atoms with van der Waals surface area (Å²) in [6.07, 6.45) is 14.6. The SMILES string of the molecule is CCC(c1ccc(OC)cc1)c1nc(N)n(C)c1CC1C=CC=CC=C1. The van der Waals surface area contributed by atoms with Crippen LogP contribution in [0.2, 0.25) is 0 Å². The lowest BCUT2D eigenvalue weighted by atomic mass is 9.89. The summed E-state index contributed by atoms with van der Waals surface area (Å²) in [4.78, 5) is 4.73. The number of benzene rings is 1. The van der Waals surface area contributed by atoms with Crippen molar-refractivity contribution in [3.63, 3.8) is 0 Å². The molecule has 2 aromatic rings. The Labute approximate surface area is 155 Å². The van der Waals surface area contributed by atoms with E-state index in [2.05, 4.69) is 55.5 Å². The molecule has 3 rings (SSSR count). The topological polar surface area (TPSA) is 53.1 Å². The molecule has 4 heteroatoms. The number of ether oxygens (including phenoxy) is 1. The van der Waals surface area contributed by atoms with Crippen LogP contribution in [-0.2, 0) is 13.5 Å². The maximum atomic E-state index is 6.18. The molecule has 0 bridgehead atoms. The zero-order valence-corrected chi connectivity index (χ0v) is 15.7. The molecule has 0 amide bonds. The molecule has 1 unspecified atom stereocenters. The summed E-state index contributed by atoms with van der Waals surface area (Å²) in [5.41, 5.74) is 9.70. The number of hydrogen-bond acceptors (Lipinski definition) is 3. The van der Waals surface area contributed by atoms with E-state index in [-0.39, 0.29) is 5.92 Å². The predicted octanol–water partition coefficient (Wildman–Crippen LogP) is 4.39. The zero-order valence-electron chi connectivity index (χ0n) is 15.7. The molecule has 26 heavy (non-hydrogen) atoms. The minimum absolute atomic E-state index is 0.219. The highest BCUT2D eigenvalue weighted by atomic mass is 16.5. The van der Waals surface area contributed by atoms with Gasteiger partial charge in [0.2, 0.25) is 0 Å². The van der Waals surface area contributed by atoms with E-state index in [9.17, 15) is 0 Å². The van der Waals surface area contributed by atoms with Crippen LogP contribution in [0.4, 0.5) is 5.95 Å². The van der Waals surface area contributed by atoms with Crippen molar-refractivity contribution in [2.45, 2.75) is 25.7 Å². The quantitative estimate of drug-likeness (QED) is 0.841. The Hall–Kier alpha value is -2.75. The number of hydrogen-bond donors (Lipinski definition) is 1. The molecule has 136 valence electrons. The largest absolute Gasteiger partial charge is 0.497 e. The maximum absolute atomic E-state index is 6.18. The zero-order chi connectivity index (χ0) is 18.5. The molecule has 0 fully saturated rings. The van der Waals surface area contributed by atoms with Crippen molar-refractivity contribution >= 4 is 5.95 Å². The molecular formula is C22H27N3O. The van der Waals surface area contributed by atoms with Gasteiger partial charge in [-0.2, -0.15) is 0 Å². The molecule has 1 aliphatic carbocycles. The summed E-state index contributed by atoms with van der Waals surface area (Å²) in [7, 11) is 3.69. The Morgan fingerprint density at radius 3 is 2.35 bits per heavy atom. The average molecular weight is 349 g/mol. The van der Waals surface area contributed by atoms with Crippen molar-refractivity contribution in [2.24, 2.45) is 13.0 Å². The molecule has 0 saturated carbocycles. The third kappa shape index (κ3) is 3.74. The smallest absolute Gasteiger partial charge is 0.200 e. The lowest BCUT2D eigenvalue weighted by molar-refractivity contribution is 0.414. The van der Waals surface area contributed by atoms with E-state index in [4.69, 9.17) is 15.5 Å². The number of rotatable bonds is 6. The Balaban J connectivity index is 1.95. The van der Waals surface area contributed by atoms with Gasteiger partial charge in [-0.05, 0) is 30.5 Å². The maximum Gasteiger partial charge on any atom is 0.200 e. The number of anilines is 1. The summed E-state index contributed by atoms with van der Waals surface area (Å²) in [6, 6.07) is 8.26. The van der Waals surface area contributed by atoms with Crippen LogP contribution in [0.3, 0.4) is 0 Å². The standard InChI is InChI=1S/C22H27N3O/c1-4-19(17-11-13-18(26-3)14-12-17)21-20(25(2)22(23)24-21)15-16-9-7-5-6-8-10-16/h5-14,16,19H,4,15H2,1-3H3,(H2,23,24). The number of allylic oxidation sites excluding steroid dienone is 6. The molecule has 0 saturated heterocycles. The number of nitrogen functional groups attached to an aromatic ring is 1. The highest BCUT2D eigenvalue weighted by molar-refractivity contribution is 5.40. The molecule has 0 spiro atoms. The molecule has 0 aliphatic heterocycles. The highest BCUT2D eigenvalue weighted by Gasteiger charge is 2.23. The molecule has 1 atom stereocenters. The van der Waals surface area contributed by atoms with Crippen LogP contribution in [0, 0.1) is 5.92 Å². The van der Waals surface area contributed by atoms with Crippen LogP contribution in [0.15, 0.2) is 60.7 Å². The van der Waals surface area contributed by atoms with E-state index in [1.807, 2.05) is 23.7 Å². The molecule has 1 aromatic carbocycles. The van der Waals surface area contributed by atoms with E-state index in [1.54, 1.807) is 7.11 Å². The summed E-state index contributed by atoms with van der Waals surface area (Å²) in [5, 5.41) is 0. The number of imidazole rings is 1. The number of nitrogens with two attached hydrogens (primary N) is 1. The summed E-state index contributed by atoms with van der Waals surface area (Å²) >= 11 is 0. The fourth-order valence-corrected chi connectivity index (χ4v) is 3.48. The first-order chi connectivity index (χ1) is 12.6. The third-order valence-electron chi connectivity index (χ3n) is 5.01. The molecule has 2 N–H and O–H groups in total. The highest BCUT2D eigenvalue weighted by Crippen LogP contribution is 2.33. The van der Waals surface area contributed by atoms with Crippen molar-refractivity contribution in [1.82, 2.24) is 9.55 Å². The van der Waals surface area contributed by atoms with Gasteiger partial charge in [-0.15, -0.1) is 0 Å². The fourth-order valence-electron chi connectivity index (χ4n) is 3.48. The molecule has 4 nitrogen and oxygen atoms in total. The van der Waals surface area contributed by atoms with Gasteiger partial charge >= 0.3 is 0 Å². The monoisotopic (exact) mass is 349 g/mol. The average Bonchev–Trinajstić information content (AvgIpc) is 2.85. The Morgan fingerprint density at radius 1 is 1.12 bits per heavy atom. The van der Waals surface area contributed by atoms with Crippen LogP contribution in [0.25, 0.3) is 0 Å². The van der Waals surface area contributed by atoms with Gasteiger partial charge in [0, 0.05) is 24.6 Å². The number of aromatic nitrogens is 2. The molecule has 1 heterocycles. The minimum Gasteiger partial charge on any atom is -0.497 e. The van der Waals surface area contributed by atoms with Crippen molar-refractivity contribution < 1.29 is 4.74 Å². The van der Waals surface area contributed by atoms with E-state index in [0.29, 0.717) is 11.9 Å². The molecule has 0 radical (unpaired) electrons. The Bertz CT molecular complexity index is 812. The van der Waals surface area contributed by atoms with Crippen LogP contribution >= 0.6 is 0 Å². The molecule has 1 aromatic heterocycles. The van der Waals surface area contributed by atoms with Gasteiger partial charge in [0.05, 0.1) is 12.8 Å². The Morgan fingerprint density at radius 2 is 1.77 bits per heavy atom. The van der Waals surface area contributed by atoms with Gasteiger partial charge in [-0.1, -0.05) is 55.5 Å². The van der Waals surface area contributed by atoms with E-state index < -0.39 is 0 Å². The first kappa shape index (κ1) is 18.1. The van der Waals surface area contributed by atoms with Crippen molar-refractivity contribution in [2.75, 3.05) is 12.8 Å². The van der Waals surface area contributed by atoms with Gasteiger partial charge in [0.25, 0.3) is 0 Å². The van der Waals surface area contributed by atoms with E-state index in [1.165, 1.54) is 11.3 Å². The first-order valence-corrected chi connectivity index (χ1v) is 9.10. The minimum atomic E-state index is 0.219. The van der Waals surface area contributed by atoms with Gasteiger partial charge < -0.3 is 15.0 Å². The van der Waals surface area contributed by atoms with Gasteiger partial charge in [-0.25, -0.2) is 4.98 Å². The van der Waals surface area contributed by atoms with E-state index in [0.717, 1.165) is 24.3 Å². The van der Waals surface area contributed by atoms with Crippen LogP contribution in [0.1, 0.15) is 36.2 Å². The van der Waals surface area contributed by atoms with Crippen LogP contribution in [-0.4, -0.2) is 16.7 Å². The van der Waals surface area contributed by atoms with Crippen molar-refractivity contribution in [1.29, 1.82) is 0 Å². The molecular weight excluding hydrogens is 322 g/mol. The van der Waals surface area contributed by atoms with Gasteiger partial charge in [-0.3, -0.25) is 0 Å². The van der Waals surface area contributed by atoms with Gasteiger partial charge in [0.15, 0.2) is 5.95 Å². The van der Waals surface area contributed by atoms with Crippen molar-refractivity contribution in [3.8, 4) is 5.75 Å². The lowest BCUT2D eigenvalue weighted by Crippen LogP contribution is -2.10. The predicted molar refractivity (Wildman–Crippen MR) is 107 cm³/mol. The third-order valence-corrected chi connectivity index (χ3v) is 5.01. The summed E-state index contributed by atoms with van der Waals surface area (Å²) < 4.78 is 7.32.